The minimum absolute atomic E-state index is 0.00211. The third-order valence-corrected chi connectivity index (χ3v) is 15.6. The number of hydrogen-bond donors (Lipinski definition) is 1. The van der Waals surface area contributed by atoms with E-state index in [1.807, 2.05) is 0 Å². The standard InChI is InChI=1S/C38H64O4/c1-23(2)26(6)34(9)17-18-36(11)27-13-14-29-35(10)21-41-22-38(29,28(27)15-16-37(36,12)30(34)32(39)40)19-25(5)31(35)42-20-33(7,8)24(3)4/h15,23-27,29-31H,13-14,16-22H2,1-12H3,(H,39,40)/t25-,26-,27+,29+,30-,31+,34-,35+,36-,37+,38+/m1/s1. The molecule has 1 saturated heterocycles. The first kappa shape index (κ1) is 32.5. The Kier molecular flexibility index (Phi) is 8.00. The van der Waals surface area contributed by atoms with E-state index in [9.17, 15) is 9.90 Å². The molecule has 0 radical (unpaired) electrons. The quantitative estimate of drug-likeness (QED) is 0.303. The highest BCUT2D eigenvalue weighted by Crippen LogP contribution is 2.75. The van der Waals surface area contributed by atoms with Crippen molar-refractivity contribution < 1.29 is 19.4 Å². The average molecular weight is 585 g/mol. The molecule has 0 aromatic heterocycles. The molecule has 0 aromatic rings. The topological polar surface area (TPSA) is 55.8 Å². The normalized spacial score (nSPS) is 47.8. The molecule has 4 aliphatic carbocycles. The van der Waals surface area contributed by atoms with Gasteiger partial charge in [-0.2, -0.15) is 0 Å². The van der Waals surface area contributed by atoms with E-state index in [-0.39, 0.29) is 44.5 Å². The fraction of sp³-hybridized carbons (Fsp3) is 0.921. The average Bonchev–Trinajstić information content (AvgIpc) is 2.88. The summed E-state index contributed by atoms with van der Waals surface area (Å²) in [5.74, 6) is 1.94. The molecule has 42 heavy (non-hydrogen) atoms. The number of rotatable bonds is 7. The Bertz CT molecular complexity index is 1090. The third-order valence-electron chi connectivity index (χ3n) is 15.6. The summed E-state index contributed by atoms with van der Waals surface area (Å²) < 4.78 is 13.6. The summed E-state index contributed by atoms with van der Waals surface area (Å²) >= 11 is 0. The largest absolute Gasteiger partial charge is 0.481 e. The van der Waals surface area contributed by atoms with Crippen molar-refractivity contribution in [3.63, 3.8) is 0 Å². The monoisotopic (exact) mass is 584 g/mol. The number of allylic oxidation sites excluding steroid dienone is 1. The Morgan fingerprint density at radius 1 is 1.05 bits per heavy atom. The molecule has 240 valence electrons. The number of carboxylic acid groups (broad SMARTS) is 1. The van der Waals surface area contributed by atoms with Gasteiger partial charge in [0.15, 0.2) is 0 Å². The number of hydrogen-bond acceptors (Lipinski definition) is 3. The van der Waals surface area contributed by atoms with Crippen molar-refractivity contribution in [3.05, 3.63) is 11.6 Å². The first-order valence-corrected chi connectivity index (χ1v) is 17.4. The lowest BCUT2D eigenvalue weighted by atomic mass is 9.34. The van der Waals surface area contributed by atoms with Gasteiger partial charge >= 0.3 is 5.97 Å². The summed E-state index contributed by atoms with van der Waals surface area (Å²) in [7, 11) is 0. The van der Waals surface area contributed by atoms with Crippen LogP contribution in [0.4, 0.5) is 0 Å². The van der Waals surface area contributed by atoms with E-state index < -0.39 is 5.97 Å². The highest BCUT2D eigenvalue weighted by Gasteiger charge is 2.71. The Hall–Kier alpha value is -0.870. The summed E-state index contributed by atoms with van der Waals surface area (Å²) in [4.78, 5) is 13.3. The van der Waals surface area contributed by atoms with Gasteiger partial charge in [0.05, 0.1) is 31.8 Å². The van der Waals surface area contributed by atoms with Crippen molar-refractivity contribution in [1.29, 1.82) is 0 Å². The molecule has 0 amide bonds. The predicted molar refractivity (Wildman–Crippen MR) is 171 cm³/mol. The fourth-order valence-corrected chi connectivity index (χ4v) is 11.8. The van der Waals surface area contributed by atoms with Crippen molar-refractivity contribution in [2.75, 3.05) is 19.8 Å². The number of ether oxygens (including phenoxy) is 2. The van der Waals surface area contributed by atoms with Gasteiger partial charge in [0.1, 0.15) is 0 Å². The summed E-state index contributed by atoms with van der Waals surface area (Å²) in [5.41, 5.74) is 1.35. The molecule has 2 bridgehead atoms. The third kappa shape index (κ3) is 4.29. The van der Waals surface area contributed by atoms with Crippen LogP contribution >= 0.6 is 0 Å². The number of aliphatic carboxylic acids is 1. The molecule has 1 aliphatic heterocycles. The highest BCUT2D eigenvalue weighted by molar-refractivity contribution is 5.73. The van der Waals surface area contributed by atoms with Crippen LogP contribution in [0, 0.1) is 73.9 Å². The van der Waals surface area contributed by atoms with Crippen LogP contribution in [-0.4, -0.2) is 37.0 Å². The van der Waals surface area contributed by atoms with Gasteiger partial charge in [0, 0.05) is 10.8 Å². The fourth-order valence-electron chi connectivity index (χ4n) is 11.8. The Labute approximate surface area is 258 Å². The van der Waals surface area contributed by atoms with E-state index in [0.717, 1.165) is 45.5 Å². The molecule has 3 saturated carbocycles. The van der Waals surface area contributed by atoms with Crippen molar-refractivity contribution in [3.8, 4) is 0 Å². The lowest BCUT2D eigenvalue weighted by Gasteiger charge is -2.71. The van der Waals surface area contributed by atoms with E-state index >= 15 is 0 Å². The molecule has 1 heterocycles. The van der Waals surface area contributed by atoms with Gasteiger partial charge < -0.3 is 14.6 Å². The first-order chi connectivity index (χ1) is 19.3. The van der Waals surface area contributed by atoms with Crippen molar-refractivity contribution in [2.24, 2.45) is 73.9 Å². The van der Waals surface area contributed by atoms with Gasteiger partial charge in [-0.15, -0.1) is 0 Å². The molecule has 5 rings (SSSR count). The molecule has 0 spiro atoms. The van der Waals surface area contributed by atoms with Crippen LogP contribution in [0.25, 0.3) is 0 Å². The second kappa shape index (κ2) is 10.3. The lowest BCUT2D eigenvalue weighted by molar-refractivity contribution is -0.254. The zero-order chi connectivity index (χ0) is 31.3. The second-order valence-electron chi connectivity index (χ2n) is 18.4. The molecule has 4 fully saturated rings. The molecular weight excluding hydrogens is 520 g/mol. The van der Waals surface area contributed by atoms with Crippen LogP contribution in [0.1, 0.15) is 122 Å². The maximum absolute atomic E-state index is 13.3. The van der Waals surface area contributed by atoms with Crippen LogP contribution in [-0.2, 0) is 14.3 Å². The molecule has 5 aliphatic rings. The molecule has 1 N–H and O–H groups in total. The molecule has 0 unspecified atom stereocenters. The van der Waals surface area contributed by atoms with Crippen LogP contribution in [0.3, 0.4) is 0 Å². The number of carbonyl (C=O) groups is 1. The predicted octanol–water partition coefficient (Wildman–Crippen LogP) is 9.28. The van der Waals surface area contributed by atoms with Crippen LogP contribution in [0.2, 0.25) is 0 Å². The Morgan fingerprint density at radius 3 is 2.31 bits per heavy atom. The highest BCUT2D eigenvalue weighted by atomic mass is 16.5. The zero-order valence-electron chi connectivity index (χ0n) is 29.2. The van der Waals surface area contributed by atoms with E-state index in [0.29, 0.717) is 35.5 Å². The van der Waals surface area contributed by atoms with Gasteiger partial charge in [0.2, 0.25) is 0 Å². The van der Waals surface area contributed by atoms with Crippen LogP contribution in [0.15, 0.2) is 11.6 Å². The maximum atomic E-state index is 13.3. The van der Waals surface area contributed by atoms with Crippen molar-refractivity contribution >= 4 is 5.97 Å². The van der Waals surface area contributed by atoms with Crippen LogP contribution in [0.5, 0.6) is 0 Å². The molecule has 11 atom stereocenters. The summed E-state index contributed by atoms with van der Waals surface area (Å²) in [6.07, 6.45) is 9.26. The first-order valence-electron chi connectivity index (χ1n) is 17.4. The summed E-state index contributed by atoms with van der Waals surface area (Å²) in [5, 5.41) is 10.9. The van der Waals surface area contributed by atoms with Crippen molar-refractivity contribution in [2.45, 2.75) is 128 Å². The van der Waals surface area contributed by atoms with Gasteiger partial charge in [0.25, 0.3) is 0 Å². The number of carboxylic acids is 1. The Balaban J connectivity index is 1.53. The SMILES string of the molecule is CC(C)[C@@H](C)[C@@]1(C)CC[C@]2(C)[C@H]3CC[C@@H]4[C@@]5(COC[C@]4(C)[C@@H](OCC(C)(C)C(C)C)[C@H](C)C5)C3=CC[C@@]2(C)[C@@H]1C(=O)O. The summed E-state index contributed by atoms with van der Waals surface area (Å²) in [6.45, 7) is 30.6. The van der Waals surface area contributed by atoms with E-state index in [4.69, 9.17) is 9.47 Å². The smallest absolute Gasteiger partial charge is 0.307 e. The lowest BCUT2D eigenvalue weighted by Crippen LogP contribution is -2.68. The van der Waals surface area contributed by atoms with Gasteiger partial charge in [-0.05, 0) is 95.7 Å². The maximum Gasteiger partial charge on any atom is 0.307 e. The molecular formula is C38H64O4. The Morgan fingerprint density at radius 2 is 1.71 bits per heavy atom. The van der Waals surface area contributed by atoms with Crippen LogP contribution < -0.4 is 0 Å². The van der Waals surface area contributed by atoms with E-state index in [2.05, 4.69) is 89.2 Å². The second-order valence-corrected chi connectivity index (χ2v) is 18.4. The zero-order valence-corrected chi connectivity index (χ0v) is 29.2. The molecule has 4 nitrogen and oxygen atoms in total. The van der Waals surface area contributed by atoms with E-state index in [1.165, 1.54) is 12.8 Å². The number of fused-ring (bicyclic) bond motifs is 3. The molecule has 4 heteroatoms. The van der Waals surface area contributed by atoms with Gasteiger partial charge in [-0.1, -0.05) is 94.7 Å². The molecule has 0 aromatic carbocycles. The minimum Gasteiger partial charge on any atom is -0.481 e. The van der Waals surface area contributed by atoms with Crippen molar-refractivity contribution in [1.82, 2.24) is 0 Å². The summed E-state index contributed by atoms with van der Waals surface area (Å²) in [6, 6.07) is 0. The minimum atomic E-state index is -0.577. The van der Waals surface area contributed by atoms with Gasteiger partial charge in [-0.25, -0.2) is 0 Å². The van der Waals surface area contributed by atoms with E-state index in [1.54, 1.807) is 5.57 Å². The van der Waals surface area contributed by atoms with Gasteiger partial charge in [-0.3, -0.25) is 4.79 Å².